The second-order valence-electron chi connectivity index (χ2n) is 11.3. The Morgan fingerprint density at radius 2 is 1.76 bits per heavy atom. The summed E-state index contributed by atoms with van der Waals surface area (Å²) < 4.78 is 5.37. The minimum Gasteiger partial charge on any atom is -0.462 e. The summed E-state index contributed by atoms with van der Waals surface area (Å²) in [6.07, 6.45) is 2.73. The van der Waals surface area contributed by atoms with E-state index in [9.17, 15) is 14.4 Å². The minimum absolute atomic E-state index is 0.00781. The van der Waals surface area contributed by atoms with Gasteiger partial charge in [-0.25, -0.2) is 4.79 Å². The number of hydrogen-bond donors (Lipinski definition) is 3. The van der Waals surface area contributed by atoms with Crippen molar-refractivity contribution in [1.29, 1.82) is 0 Å². The zero-order chi connectivity index (χ0) is 30.4. The average Bonchev–Trinajstić information content (AvgIpc) is 3.29. The molecule has 1 aliphatic rings. The van der Waals surface area contributed by atoms with E-state index >= 15 is 0 Å². The number of thiophene rings is 1. The van der Waals surface area contributed by atoms with Crippen molar-refractivity contribution in [3.63, 3.8) is 0 Å². The fourth-order valence-corrected chi connectivity index (χ4v) is 7.21. The van der Waals surface area contributed by atoms with Crippen molar-refractivity contribution in [3.05, 3.63) is 70.1 Å². The van der Waals surface area contributed by atoms with Crippen molar-refractivity contribution in [1.82, 2.24) is 0 Å². The number of hydrogen-bond acceptors (Lipinski definition) is 7. The summed E-state index contributed by atoms with van der Waals surface area (Å²) in [6, 6.07) is 14.7. The van der Waals surface area contributed by atoms with Crippen LogP contribution in [0.2, 0.25) is 0 Å². The molecule has 1 amide bonds. The zero-order valence-corrected chi connectivity index (χ0v) is 27.0. The maximum atomic E-state index is 13.0. The first-order valence-corrected chi connectivity index (χ1v) is 16.2. The summed E-state index contributed by atoms with van der Waals surface area (Å²) in [5, 5.41) is 10.3. The van der Waals surface area contributed by atoms with Gasteiger partial charge in [-0.15, -0.1) is 23.1 Å². The summed E-state index contributed by atoms with van der Waals surface area (Å²) >= 11 is 8.35. The summed E-state index contributed by atoms with van der Waals surface area (Å²) in [7, 11) is 0. The molecule has 7 nitrogen and oxygen atoms in total. The number of carbonyl (C=O) groups excluding carboxylic acids is 3. The van der Waals surface area contributed by atoms with E-state index in [1.807, 2.05) is 24.3 Å². The van der Waals surface area contributed by atoms with Gasteiger partial charge in [-0.3, -0.25) is 9.59 Å². The standard InChI is InChI=1S/C32H37N3O4S3/c1-6-39-30(38)28-25-15-12-21(32(3,4)5)16-26(25)42-29(28)35-27(37)18-41-24-9-7-8-23(17-24)34-31(40)33-22-13-10-20(11-14-22)19(2)36/h7-11,13-14,17,21H,6,12,15-16,18H2,1-5H3,(H,35,37)(H2,33,34,40). The smallest absolute Gasteiger partial charge is 0.341 e. The minimum atomic E-state index is -0.370. The van der Waals surface area contributed by atoms with E-state index < -0.39 is 0 Å². The monoisotopic (exact) mass is 623 g/mol. The van der Waals surface area contributed by atoms with Crippen molar-refractivity contribution >= 4 is 74.5 Å². The van der Waals surface area contributed by atoms with Crippen molar-refractivity contribution in [2.24, 2.45) is 11.3 Å². The van der Waals surface area contributed by atoms with Crippen LogP contribution in [-0.4, -0.2) is 35.1 Å². The van der Waals surface area contributed by atoms with Crippen LogP contribution >= 0.6 is 35.3 Å². The maximum Gasteiger partial charge on any atom is 0.341 e. The lowest BCUT2D eigenvalue weighted by Crippen LogP contribution is -2.26. The molecular weight excluding hydrogens is 587 g/mol. The number of esters is 1. The Bertz CT molecular complexity index is 1480. The average molecular weight is 624 g/mol. The molecule has 1 atom stereocenters. The van der Waals surface area contributed by atoms with Gasteiger partial charge in [0.1, 0.15) is 5.00 Å². The molecule has 0 spiro atoms. The Hall–Kier alpha value is -3.21. The van der Waals surface area contributed by atoms with Crippen molar-refractivity contribution in [3.8, 4) is 0 Å². The number of thiocarbonyl (C=S) groups is 1. The third-order valence-corrected chi connectivity index (χ3v) is 9.60. The molecular formula is C32H37N3O4S3. The number of ether oxygens (including phenoxy) is 1. The first-order valence-electron chi connectivity index (χ1n) is 14.0. The lowest BCUT2D eigenvalue weighted by atomic mass is 9.72. The van der Waals surface area contributed by atoms with Gasteiger partial charge in [0.2, 0.25) is 5.91 Å². The number of Topliss-reactive ketones (excluding diaryl/α,β-unsaturated/α-hetero) is 1. The van der Waals surface area contributed by atoms with Gasteiger partial charge in [0.05, 0.1) is 17.9 Å². The molecule has 0 saturated heterocycles. The summed E-state index contributed by atoms with van der Waals surface area (Å²) in [5.41, 5.74) is 3.91. The number of rotatable bonds is 9. The fraction of sp³-hybridized carbons (Fsp3) is 0.375. The van der Waals surface area contributed by atoms with Gasteiger partial charge >= 0.3 is 5.97 Å². The molecule has 2 aromatic carbocycles. The van der Waals surface area contributed by atoms with Crippen LogP contribution in [0.5, 0.6) is 0 Å². The van der Waals surface area contributed by atoms with Gasteiger partial charge in [0, 0.05) is 26.7 Å². The number of nitrogens with one attached hydrogen (secondary N) is 3. The number of benzene rings is 2. The van der Waals surface area contributed by atoms with E-state index in [0.717, 1.165) is 41.1 Å². The molecule has 42 heavy (non-hydrogen) atoms. The quantitative estimate of drug-likeness (QED) is 0.0961. The molecule has 0 saturated carbocycles. The Kier molecular flexibility index (Phi) is 10.5. The normalized spacial score (nSPS) is 14.5. The number of ketones is 1. The van der Waals surface area contributed by atoms with E-state index in [0.29, 0.717) is 27.2 Å². The molecule has 1 aliphatic carbocycles. The predicted molar refractivity (Wildman–Crippen MR) is 177 cm³/mol. The second-order valence-corrected chi connectivity index (χ2v) is 13.9. The molecule has 0 aliphatic heterocycles. The highest BCUT2D eigenvalue weighted by Gasteiger charge is 2.34. The highest BCUT2D eigenvalue weighted by molar-refractivity contribution is 8.00. The summed E-state index contributed by atoms with van der Waals surface area (Å²) in [6.45, 7) is 10.4. The van der Waals surface area contributed by atoms with Gasteiger partial charge < -0.3 is 20.7 Å². The third kappa shape index (κ3) is 8.20. The Balaban J connectivity index is 1.37. The SMILES string of the molecule is CCOC(=O)c1c(NC(=O)CSc2cccc(NC(=S)Nc3ccc(C(C)=O)cc3)c2)sc2c1CCC(C(C)(C)C)C2. The number of amides is 1. The van der Waals surface area contributed by atoms with Gasteiger partial charge in [-0.2, -0.15) is 0 Å². The summed E-state index contributed by atoms with van der Waals surface area (Å²) in [5.74, 6) is 0.165. The Labute approximate surface area is 261 Å². The third-order valence-electron chi connectivity index (χ3n) is 7.23. The van der Waals surface area contributed by atoms with Crippen LogP contribution in [0.4, 0.5) is 16.4 Å². The zero-order valence-electron chi connectivity index (χ0n) is 24.6. The number of anilines is 3. The molecule has 3 aromatic rings. The van der Waals surface area contributed by atoms with Crippen LogP contribution in [-0.2, 0) is 22.4 Å². The molecule has 1 unspecified atom stereocenters. The van der Waals surface area contributed by atoms with Crippen LogP contribution in [0.3, 0.4) is 0 Å². The van der Waals surface area contributed by atoms with Crippen LogP contribution < -0.4 is 16.0 Å². The first-order chi connectivity index (χ1) is 19.9. The van der Waals surface area contributed by atoms with E-state index in [4.69, 9.17) is 17.0 Å². The molecule has 0 radical (unpaired) electrons. The number of fused-ring (bicyclic) bond motifs is 1. The molecule has 1 heterocycles. The molecule has 3 N–H and O–H groups in total. The van der Waals surface area contributed by atoms with E-state index in [2.05, 4.69) is 36.7 Å². The topological polar surface area (TPSA) is 96.5 Å². The van der Waals surface area contributed by atoms with Crippen molar-refractivity contribution in [2.45, 2.75) is 58.8 Å². The van der Waals surface area contributed by atoms with Gasteiger partial charge in [-0.05, 0) is 105 Å². The molecule has 1 aromatic heterocycles. The lowest BCUT2D eigenvalue weighted by molar-refractivity contribution is -0.113. The Morgan fingerprint density at radius 3 is 2.43 bits per heavy atom. The Morgan fingerprint density at radius 1 is 1.05 bits per heavy atom. The lowest BCUT2D eigenvalue weighted by Gasteiger charge is -2.33. The van der Waals surface area contributed by atoms with Gasteiger partial charge in [0.15, 0.2) is 10.9 Å². The van der Waals surface area contributed by atoms with Crippen LogP contribution in [0.1, 0.15) is 72.2 Å². The molecule has 0 fully saturated rings. The highest BCUT2D eigenvalue weighted by Crippen LogP contribution is 2.44. The van der Waals surface area contributed by atoms with E-state index in [1.165, 1.54) is 34.9 Å². The molecule has 222 valence electrons. The number of carbonyl (C=O) groups is 3. The van der Waals surface area contributed by atoms with Gasteiger partial charge in [-0.1, -0.05) is 26.8 Å². The van der Waals surface area contributed by atoms with Crippen LogP contribution in [0, 0.1) is 11.3 Å². The number of thioether (sulfide) groups is 1. The fourth-order valence-electron chi connectivity index (χ4n) is 4.89. The maximum absolute atomic E-state index is 13.0. The highest BCUT2D eigenvalue weighted by atomic mass is 32.2. The van der Waals surface area contributed by atoms with Crippen molar-refractivity contribution < 1.29 is 19.1 Å². The largest absolute Gasteiger partial charge is 0.462 e. The molecule has 4 rings (SSSR count). The van der Waals surface area contributed by atoms with E-state index in [-0.39, 0.29) is 35.4 Å². The van der Waals surface area contributed by atoms with Crippen molar-refractivity contribution in [2.75, 3.05) is 28.3 Å². The molecule has 10 heteroatoms. The molecule has 0 bridgehead atoms. The predicted octanol–water partition coefficient (Wildman–Crippen LogP) is 7.82. The van der Waals surface area contributed by atoms with Crippen LogP contribution in [0.15, 0.2) is 53.4 Å². The summed E-state index contributed by atoms with van der Waals surface area (Å²) in [4.78, 5) is 39.5. The van der Waals surface area contributed by atoms with Crippen LogP contribution in [0.25, 0.3) is 0 Å². The van der Waals surface area contributed by atoms with Gasteiger partial charge in [0.25, 0.3) is 0 Å². The first kappa shape index (κ1) is 31.7. The van der Waals surface area contributed by atoms with E-state index in [1.54, 1.807) is 31.2 Å². The second kappa shape index (κ2) is 13.8.